The second-order valence-electron chi connectivity index (χ2n) is 9.56. The van der Waals surface area contributed by atoms with Crippen LogP contribution in [0.1, 0.15) is 42.5 Å². The maximum Gasteiger partial charge on any atom is 0.250 e. The molecule has 0 unspecified atom stereocenters. The Hall–Kier alpha value is -4.32. The molecule has 0 spiro atoms. The second-order valence-corrected chi connectivity index (χ2v) is 9.56. The van der Waals surface area contributed by atoms with Crippen LogP contribution in [0.3, 0.4) is 0 Å². The average molecular weight is 477 g/mol. The predicted molar refractivity (Wildman–Crippen MR) is 145 cm³/mol. The first kappa shape index (κ1) is 22.2. The van der Waals surface area contributed by atoms with Crippen molar-refractivity contribution in [3.63, 3.8) is 0 Å². The molecule has 0 saturated heterocycles. The normalized spacial score (nSPS) is 14.3. The standard InChI is InChI=1S/C30H28N4O2/c31-30(36)24-14-13-21(16-26(24)33-20-7-2-1-3-8-20)34-27-11-5-4-9-25(27)29-23(10-6-12-28(29)34)19-15-22(35)18-32-17-19/h4-6,9-18,20,33,35H,1-3,7-8H2,(H2,31,36). The number of primary amides is 1. The Morgan fingerprint density at radius 2 is 1.75 bits per heavy atom. The minimum Gasteiger partial charge on any atom is -0.506 e. The van der Waals surface area contributed by atoms with Crippen LogP contribution >= 0.6 is 0 Å². The van der Waals surface area contributed by atoms with E-state index in [9.17, 15) is 9.90 Å². The number of nitrogens with two attached hydrogens (primary N) is 1. The van der Waals surface area contributed by atoms with E-state index in [1.807, 2.05) is 36.4 Å². The van der Waals surface area contributed by atoms with Crippen molar-refractivity contribution in [1.29, 1.82) is 0 Å². The average Bonchev–Trinajstić information content (AvgIpc) is 3.24. The van der Waals surface area contributed by atoms with Crippen molar-refractivity contribution in [1.82, 2.24) is 9.55 Å². The first-order chi connectivity index (χ1) is 17.6. The van der Waals surface area contributed by atoms with Gasteiger partial charge in [-0.1, -0.05) is 49.6 Å². The van der Waals surface area contributed by atoms with Crippen LogP contribution in [0, 0.1) is 0 Å². The number of rotatable bonds is 5. The SMILES string of the molecule is NC(=O)c1ccc(-n2c3ccccc3c3c(-c4cncc(O)c4)cccc32)cc1NC1CCCCC1. The molecule has 1 aliphatic carbocycles. The van der Waals surface area contributed by atoms with Crippen molar-refractivity contribution in [2.24, 2.45) is 5.73 Å². The number of aromatic nitrogens is 2. The van der Waals surface area contributed by atoms with Crippen LogP contribution in [0.4, 0.5) is 5.69 Å². The highest BCUT2D eigenvalue weighted by atomic mass is 16.3. The quantitative estimate of drug-likeness (QED) is 0.274. The number of anilines is 1. The number of nitrogens with zero attached hydrogens (tertiary/aromatic N) is 2. The third-order valence-electron chi connectivity index (χ3n) is 7.22. The highest BCUT2D eigenvalue weighted by molar-refractivity contribution is 6.15. The minimum atomic E-state index is -0.430. The summed E-state index contributed by atoms with van der Waals surface area (Å²) in [5.74, 6) is -0.297. The molecule has 5 aromatic rings. The smallest absolute Gasteiger partial charge is 0.250 e. The molecule has 36 heavy (non-hydrogen) atoms. The molecule has 1 saturated carbocycles. The molecular weight excluding hydrogens is 448 g/mol. The van der Waals surface area contributed by atoms with Crippen molar-refractivity contribution in [3.8, 4) is 22.6 Å². The summed E-state index contributed by atoms with van der Waals surface area (Å²) in [6, 6.07) is 22.4. The summed E-state index contributed by atoms with van der Waals surface area (Å²) in [5.41, 5.74) is 12.0. The van der Waals surface area contributed by atoms with Gasteiger partial charge in [0, 0.05) is 39.9 Å². The second kappa shape index (κ2) is 9.04. The molecule has 180 valence electrons. The van der Waals surface area contributed by atoms with Gasteiger partial charge in [0.1, 0.15) is 5.75 Å². The fraction of sp³-hybridized carbons (Fsp3) is 0.200. The van der Waals surface area contributed by atoms with Gasteiger partial charge in [-0.25, -0.2) is 0 Å². The topological polar surface area (TPSA) is 93.2 Å². The fourth-order valence-corrected chi connectivity index (χ4v) is 5.59. The zero-order valence-electron chi connectivity index (χ0n) is 19.9. The lowest BCUT2D eigenvalue weighted by atomic mass is 9.95. The van der Waals surface area contributed by atoms with Gasteiger partial charge in [-0.2, -0.15) is 0 Å². The molecule has 1 aliphatic rings. The van der Waals surface area contributed by atoms with Crippen LogP contribution in [-0.4, -0.2) is 26.6 Å². The molecular formula is C30H28N4O2. The highest BCUT2D eigenvalue weighted by Crippen LogP contribution is 2.39. The molecule has 0 aliphatic heterocycles. The van der Waals surface area contributed by atoms with Gasteiger partial charge >= 0.3 is 0 Å². The van der Waals surface area contributed by atoms with Crippen molar-refractivity contribution in [2.75, 3.05) is 5.32 Å². The number of hydrogen-bond acceptors (Lipinski definition) is 4. The molecule has 2 heterocycles. The lowest BCUT2D eigenvalue weighted by molar-refractivity contribution is 0.100. The molecule has 6 rings (SSSR count). The lowest BCUT2D eigenvalue weighted by Gasteiger charge is -2.25. The Morgan fingerprint density at radius 1 is 0.944 bits per heavy atom. The first-order valence-corrected chi connectivity index (χ1v) is 12.5. The molecule has 6 nitrogen and oxygen atoms in total. The van der Waals surface area contributed by atoms with Crippen LogP contribution in [0.5, 0.6) is 5.75 Å². The van der Waals surface area contributed by atoms with E-state index in [4.69, 9.17) is 5.73 Å². The van der Waals surface area contributed by atoms with E-state index in [1.165, 1.54) is 25.5 Å². The third-order valence-corrected chi connectivity index (χ3v) is 7.22. The van der Waals surface area contributed by atoms with Crippen LogP contribution in [0.15, 0.2) is 79.1 Å². The van der Waals surface area contributed by atoms with Crippen LogP contribution < -0.4 is 11.1 Å². The Labute approximate surface area is 209 Å². The molecule has 1 fully saturated rings. The Kier molecular flexibility index (Phi) is 5.56. The lowest BCUT2D eigenvalue weighted by Crippen LogP contribution is -2.24. The Balaban J connectivity index is 1.57. The van der Waals surface area contributed by atoms with E-state index in [1.54, 1.807) is 12.3 Å². The Morgan fingerprint density at radius 3 is 2.56 bits per heavy atom. The molecule has 1 amide bonds. The summed E-state index contributed by atoms with van der Waals surface area (Å²) in [5, 5.41) is 15.9. The number of pyridine rings is 1. The number of amides is 1. The van der Waals surface area contributed by atoms with Crippen molar-refractivity contribution < 1.29 is 9.90 Å². The predicted octanol–water partition coefficient (Wildman–Crippen LogP) is 6.39. The Bertz CT molecular complexity index is 1600. The zero-order chi connectivity index (χ0) is 24.6. The van der Waals surface area contributed by atoms with Gasteiger partial charge in [-0.15, -0.1) is 0 Å². The summed E-state index contributed by atoms with van der Waals surface area (Å²) in [4.78, 5) is 16.5. The van der Waals surface area contributed by atoms with Gasteiger partial charge < -0.3 is 20.7 Å². The summed E-state index contributed by atoms with van der Waals surface area (Å²) in [6.45, 7) is 0. The molecule has 0 bridgehead atoms. The maximum absolute atomic E-state index is 12.3. The van der Waals surface area contributed by atoms with Gasteiger partial charge in [-0.05, 0) is 54.8 Å². The number of hydrogen-bond donors (Lipinski definition) is 3. The van der Waals surface area contributed by atoms with E-state index < -0.39 is 5.91 Å². The van der Waals surface area contributed by atoms with Gasteiger partial charge in [-0.3, -0.25) is 9.78 Å². The highest BCUT2D eigenvalue weighted by Gasteiger charge is 2.20. The fourth-order valence-electron chi connectivity index (χ4n) is 5.59. The van der Waals surface area contributed by atoms with Crippen LogP contribution in [0.25, 0.3) is 38.6 Å². The largest absolute Gasteiger partial charge is 0.506 e. The molecule has 0 radical (unpaired) electrons. The van der Waals surface area contributed by atoms with Crippen LogP contribution in [-0.2, 0) is 0 Å². The molecule has 3 aromatic carbocycles. The molecule has 4 N–H and O–H groups in total. The van der Waals surface area contributed by atoms with Gasteiger partial charge in [0.2, 0.25) is 0 Å². The number of nitrogens with one attached hydrogen (secondary N) is 1. The number of benzene rings is 3. The van der Waals surface area contributed by atoms with Crippen molar-refractivity contribution in [2.45, 2.75) is 38.1 Å². The number of carbonyl (C=O) groups excluding carboxylic acids is 1. The summed E-state index contributed by atoms with van der Waals surface area (Å²) in [6.07, 6.45) is 9.06. The minimum absolute atomic E-state index is 0.133. The van der Waals surface area contributed by atoms with E-state index in [0.717, 1.165) is 57.1 Å². The monoisotopic (exact) mass is 476 g/mol. The first-order valence-electron chi connectivity index (χ1n) is 12.5. The number of aromatic hydroxyl groups is 1. The third kappa shape index (κ3) is 3.85. The summed E-state index contributed by atoms with van der Waals surface area (Å²) in [7, 11) is 0. The molecule has 0 atom stereocenters. The summed E-state index contributed by atoms with van der Waals surface area (Å²) < 4.78 is 2.22. The number of fused-ring (bicyclic) bond motifs is 3. The van der Waals surface area contributed by atoms with Crippen LogP contribution in [0.2, 0.25) is 0 Å². The van der Waals surface area contributed by atoms with E-state index in [0.29, 0.717) is 11.6 Å². The van der Waals surface area contributed by atoms with Gasteiger partial charge in [0.15, 0.2) is 0 Å². The summed E-state index contributed by atoms with van der Waals surface area (Å²) >= 11 is 0. The van der Waals surface area contributed by atoms with E-state index in [-0.39, 0.29) is 5.75 Å². The van der Waals surface area contributed by atoms with Gasteiger partial charge in [0.25, 0.3) is 5.91 Å². The molecule has 6 heteroatoms. The zero-order valence-corrected chi connectivity index (χ0v) is 19.9. The number of carbonyl (C=O) groups is 1. The molecule has 2 aromatic heterocycles. The van der Waals surface area contributed by atoms with Gasteiger partial charge in [0.05, 0.1) is 22.8 Å². The maximum atomic E-state index is 12.3. The number of para-hydroxylation sites is 1. The van der Waals surface area contributed by atoms with E-state index >= 15 is 0 Å². The van der Waals surface area contributed by atoms with E-state index in [2.05, 4.69) is 39.1 Å². The van der Waals surface area contributed by atoms with Crippen molar-refractivity contribution >= 4 is 33.4 Å². The van der Waals surface area contributed by atoms with Crippen molar-refractivity contribution in [3.05, 3.63) is 84.7 Å².